The molecule has 0 saturated heterocycles. The molecule has 0 aromatic carbocycles. The van der Waals surface area contributed by atoms with Gasteiger partial charge in [0.2, 0.25) is 0 Å². The van der Waals surface area contributed by atoms with Gasteiger partial charge in [0.15, 0.2) is 0 Å². The smallest absolute Gasteiger partial charge is 0.657 e. The van der Waals surface area contributed by atoms with Crippen molar-refractivity contribution in [3.05, 3.63) is 81.9 Å². The molecule has 0 radical (unpaired) electrons. The second-order valence-electron chi connectivity index (χ2n) is 10.8. The average Bonchev–Trinajstić information content (AvgIpc) is 3.59. The van der Waals surface area contributed by atoms with Gasteiger partial charge in [-0.2, -0.15) is 0 Å². The van der Waals surface area contributed by atoms with Crippen molar-refractivity contribution in [2.75, 3.05) is 0 Å². The van der Waals surface area contributed by atoms with E-state index in [-0.39, 0.29) is 29.9 Å². The summed E-state index contributed by atoms with van der Waals surface area (Å²) in [5.74, 6) is -1.77. The van der Waals surface area contributed by atoms with Crippen molar-refractivity contribution < 1.29 is 36.9 Å². The zero-order valence-electron chi connectivity index (χ0n) is 25.0. The van der Waals surface area contributed by atoms with Crippen LogP contribution in [0.15, 0.2) is 36.9 Å². The number of aliphatic carboxylic acids is 2. The Morgan fingerprint density at radius 1 is 0.744 bits per heavy atom. The molecule has 0 atom stereocenters. The molecule has 5 rings (SSSR count). The van der Waals surface area contributed by atoms with Gasteiger partial charge in [-0.1, -0.05) is 66.1 Å². The number of rotatable bonds is 8. The van der Waals surface area contributed by atoms with E-state index in [1.54, 1.807) is 0 Å². The first-order valence-electron chi connectivity index (χ1n) is 14.1. The number of aromatic nitrogens is 4. The molecule has 43 heavy (non-hydrogen) atoms. The number of nitrogens with zero attached hydrogens (tertiary/aromatic N) is 4. The quantitative estimate of drug-likeness (QED) is 0.268. The van der Waals surface area contributed by atoms with E-state index in [1.165, 1.54) is 0 Å². The van der Waals surface area contributed by atoms with Gasteiger partial charge in [0, 0.05) is 18.4 Å². The van der Waals surface area contributed by atoms with E-state index in [1.807, 2.05) is 51.1 Å². The van der Waals surface area contributed by atoms with Gasteiger partial charge in [-0.25, -0.2) is 9.97 Å². The number of carboxylic acid groups (broad SMARTS) is 2. The number of hydrogen-bond donors (Lipinski definition) is 2. The van der Waals surface area contributed by atoms with Crippen LogP contribution in [-0.2, 0) is 39.5 Å². The fourth-order valence-corrected chi connectivity index (χ4v) is 5.83. The van der Waals surface area contributed by atoms with E-state index in [0.29, 0.717) is 29.6 Å². The normalized spacial score (nSPS) is 12.9. The van der Waals surface area contributed by atoms with Crippen LogP contribution in [0.5, 0.6) is 0 Å². The SMILES string of the molecule is C=CC1=C(C)c2cc3[n-]c(cc4nc(cc5[n-]c(cc1n2)c(C)c5CC)C(C)=C4CCC(=O)O)c(CCC(=O)O)c3C.[Fe+2]. The molecule has 9 heteroatoms. The van der Waals surface area contributed by atoms with Crippen LogP contribution in [0.4, 0.5) is 0 Å². The van der Waals surface area contributed by atoms with E-state index >= 15 is 0 Å². The average molecular weight is 619 g/mol. The largest absolute Gasteiger partial charge is 2.00 e. The number of allylic oxidation sites excluding steroid dienone is 5. The van der Waals surface area contributed by atoms with Crippen molar-refractivity contribution in [1.82, 2.24) is 19.9 Å². The maximum Gasteiger partial charge on any atom is 2.00 e. The third-order valence-corrected chi connectivity index (χ3v) is 8.30. The van der Waals surface area contributed by atoms with Gasteiger partial charge < -0.3 is 20.2 Å². The van der Waals surface area contributed by atoms with Crippen molar-refractivity contribution >= 4 is 56.3 Å². The van der Waals surface area contributed by atoms with E-state index in [4.69, 9.17) is 19.9 Å². The molecular formula is C34H34FeN4O4. The van der Waals surface area contributed by atoms with E-state index in [9.17, 15) is 19.8 Å². The molecule has 0 unspecified atom stereocenters. The van der Waals surface area contributed by atoms with Gasteiger partial charge in [0.05, 0.1) is 22.8 Å². The summed E-state index contributed by atoms with van der Waals surface area (Å²) < 4.78 is 0. The second kappa shape index (κ2) is 12.6. The Morgan fingerprint density at radius 2 is 1.23 bits per heavy atom. The summed E-state index contributed by atoms with van der Waals surface area (Å²) in [6, 6.07) is 7.77. The van der Waals surface area contributed by atoms with Crippen LogP contribution in [0.3, 0.4) is 0 Å². The van der Waals surface area contributed by atoms with Crippen molar-refractivity contribution in [2.45, 2.75) is 66.7 Å². The molecule has 3 aromatic rings. The van der Waals surface area contributed by atoms with Crippen LogP contribution in [0.25, 0.3) is 44.4 Å². The summed E-state index contributed by atoms with van der Waals surface area (Å²) in [7, 11) is 0. The number of fused-ring (bicyclic) bond motifs is 8. The zero-order chi connectivity index (χ0) is 30.3. The maximum absolute atomic E-state index is 11.5. The van der Waals surface area contributed by atoms with Crippen molar-refractivity contribution in [2.24, 2.45) is 0 Å². The van der Waals surface area contributed by atoms with Crippen LogP contribution in [0, 0.1) is 13.8 Å². The van der Waals surface area contributed by atoms with E-state index < -0.39 is 11.9 Å². The van der Waals surface area contributed by atoms with Gasteiger partial charge in [0.25, 0.3) is 0 Å². The fourth-order valence-electron chi connectivity index (χ4n) is 5.83. The number of carbonyl (C=O) groups is 2. The molecule has 222 valence electrons. The first-order valence-corrected chi connectivity index (χ1v) is 14.1. The Kier molecular flexibility index (Phi) is 9.28. The topological polar surface area (TPSA) is 129 Å². The summed E-state index contributed by atoms with van der Waals surface area (Å²) in [6.45, 7) is 14.1. The summed E-state index contributed by atoms with van der Waals surface area (Å²) in [5.41, 5.74) is 13.4. The number of hydrogen-bond acceptors (Lipinski definition) is 4. The summed E-state index contributed by atoms with van der Waals surface area (Å²) >= 11 is 0. The minimum Gasteiger partial charge on any atom is -0.657 e. The van der Waals surface area contributed by atoms with Crippen LogP contribution in [0.2, 0.25) is 0 Å². The van der Waals surface area contributed by atoms with Gasteiger partial charge in [-0.05, 0) is 63.7 Å². The van der Waals surface area contributed by atoms with Crippen LogP contribution < -0.4 is 9.97 Å². The molecular weight excluding hydrogens is 584 g/mol. The zero-order valence-corrected chi connectivity index (χ0v) is 26.1. The molecule has 2 aliphatic rings. The van der Waals surface area contributed by atoms with Crippen molar-refractivity contribution in [3.8, 4) is 0 Å². The van der Waals surface area contributed by atoms with Crippen LogP contribution in [-0.4, -0.2) is 32.1 Å². The molecule has 0 saturated carbocycles. The molecule has 5 heterocycles. The molecule has 8 bridgehead atoms. The van der Waals surface area contributed by atoms with Crippen LogP contribution in [0.1, 0.15) is 85.1 Å². The molecule has 0 aliphatic carbocycles. The third kappa shape index (κ3) is 6.01. The number of aryl methyl sites for hydroxylation is 4. The Hall–Kier alpha value is -4.20. The Balaban J connectivity index is 0.00000423. The van der Waals surface area contributed by atoms with Crippen LogP contribution >= 0.6 is 0 Å². The molecule has 3 aromatic heterocycles. The Labute approximate surface area is 261 Å². The first-order chi connectivity index (χ1) is 20.0. The number of carboxylic acids is 2. The Bertz CT molecular complexity index is 1890. The Morgan fingerprint density at radius 3 is 1.84 bits per heavy atom. The fraction of sp³-hybridized carbons (Fsp3) is 0.294. The van der Waals surface area contributed by atoms with E-state index in [0.717, 1.165) is 79.1 Å². The van der Waals surface area contributed by atoms with Gasteiger partial charge in [-0.15, -0.1) is 22.1 Å². The predicted molar refractivity (Wildman–Crippen MR) is 166 cm³/mol. The van der Waals surface area contributed by atoms with Crippen molar-refractivity contribution in [1.29, 1.82) is 0 Å². The van der Waals surface area contributed by atoms with E-state index in [2.05, 4.69) is 20.4 Å². The molecule has 2 N–H and O–H groups in total. The summed E-state index contributed by atoms with van der Waals surface area (Å²) in [6.07, 6.45) is 3.14. The maximum atomic E-state index is 11.5. The van der Waals surface area contributed by atoms with Gasteiger partial charge in [0.1, 0.15) is 0 Å². The van der Waals surface area contributed by atoms with Crippen molar-refractivity contribution in [3.63, 3.8) is 0 Å². The predicted octanol–water partition coefficient (Wildman–Crippen LogP) is 6.68. The minimum atomic E-state index is -0.889. The molecule has 0 spiro atoms. The monoisotopic (exact) mass is 618 g/mol. The molecule has 0 amide bonds. The minimum absolute atomic E-state index is 0. The summed E-state index contributed by atoms with van der Waals surface area (Å²) in [4.78, 5) is 42.9. The third-order valence-electron chi connectivity index (χ3n) is 8.30. The van der Waals surface area contributed by atoms with Gasteiger partial charge >= 0.3 is 29.0 Å². The summed E-state index contributed by atoms with van der Waals surface area (Å²) in [5, 5.41) is 18.9. The second-order valence-corrected chi connectivity index (χ2v) is 10.8. The molecule has 0 fully saturated rings. The van der Waals surface area contributed by atoms with Gasteiger partial charge in [-0.3, -0.25) is 9.59 Å². The molecule has 2 aliphatic heterocycles. The standard InChI is InChI=1S/C34H36N4O4.Fe/c1-7-21-17(3)25-13-26-19(5)23(9-11-33(39)40)31(37-26)16-32-24(10-12-34(41)42)20(6)28(38-32)15-30-22(8-2)18(4)27(36-30)14-29(21)35-25;/h7,13-16H,1,8-12H2,2-6H3,(H4,35,36,37,38,39,40,41,42);/q;+2/p-2. The first kappa shape index (κ1) is 31.7. The molecule has 8 nitrogen and oxygen atoms in total.